The number of pyridine rings is 1. The van der Waals surface area contributed by atoms with Crippen LogP contribution in [0.15, 0.2) is 24.4 Å². The molecule has 3 aromatic rings. The SMILES string of the molecule is Cc1cc(C(=O)Nc2cnc3[nH]c(C#CCF)cc3c2)n[nH]1. The molecule has 3 rings (SSSR count). The van der Waals surface area contributed by atoms with E-state index in [0.717, 1.165) is 11.1 Å². The minimum absolute atomic E-state index is 0.307. The number of carbonyl (C=O) groups excluding carboxylic acids is 1. The van der Waals surface area contributed by atoms with Crippen LogP contribution in [0.2, 0.25) is 0 Å². The van der Waals surface area contributed by atoms with Gasteiger partial charge in [-0.25, -0.2) is 9.37 Å². The van der Waals surface area contributed by atoms with Crippen LogP contribution in [0, 0.1) is 18.8 Å². The normalized spacial score (nSPS) is 10.3. The topological polar surface area (TPSA) is 86.5 Å². The molecule has 0 fully saturated rings. The van der Waals surface area contributed by atoms with Crippen molar-refractivity contribution in [2.24, 2.45) is 0 Å². The van der Waals surface area contributed by atoms with E-state index in [-0.39, 0.29) is 5.91 Å². The lowest BCUT2D eigenvalue weighted by molar-refractivity contribution is 0.102. The van der Waals surface area contributed by atoms with E-state index in [0.29, 0.717) is 22.7 Å². The molecule has 3 heterocycles. The van der Waals surface area contributed by atoms with Gasteiger partial charge in [-0.05, 0) is 31.0 Å². The van der Waals surface area contributed by atoms with E-state index < -0.39 is 6.67 Å². The summed E-state index contributed by atoms with van der Waals surface area (Å²) < 4.78 is 12.0. The van der Waals surface area contributed by atoms with Crippen LogP contribution in [-0.4, -0.2) is 32.7 Å². The van der Waals surface area contributed by atoms with Crippen molar-refractivity contribution in [1.82, 2.24) is 20.2 Å². The van der Waals surface area contributed by atoms with Crippen LogP contribution in [0.1, 0.15) is 21.9 Å². The lowest BCUT2D eigenvalue weighted by atomic mass is 10.3. The monoisotopic (exact) mass is 297 g/mol. The maximum absolute atomic E-state index is 12.0. The predicted octanol–water partition coefficient (Wildman–Crippen LogP) is 2.17. The molecular formula is C15H12FN5O. The van der Waals surface area contributed by atoms with E-state index in [1.165, 1.54) is 6.20 Å². The van der Waals surface area contributed by atoms with E-state index >= 15 is 0 Å². The highest BCUT2D eigenvalue weighted by Crippen LogP contribution is 2.18. The van der Waals surface area contributed by atoms with Gasteiger partial charge in [0.2, 0.25) is 0 Å². The summed E-state index contributed by atoms with van der Waals surface area (Å²) in [5, 5.41) is 10.1. The predicted molar refractivity (Wildman–Crippen MR) is 80.2 cm³/mol. The average Bonchev–Trinajstić information content (AvgIpc) is 3.10. The number of aromatic amines is 2. The Morgan fingerprint density at radius 3 is 3.00 bits per heavy atom. The van der Waals surface area contributed by atoms with Crippen LogP contribution in [0.5, 0.6) is 0 Å². The van der Waals surface area contributed by atoms with E-state index in [4.69, 9.17) is 0 Å². The Kier molecular flexibility index (Phi) is 3.58. The molecule has 0 radical (unpaired) electrons. The number of carbonyl (C=O) groups is 1. The van der Waals surface area contributed by atoms with Crippen LogP contribution in [0.3, 0.4) is 0 Å². The largest absolute Gasteiger partial charge is 0.333 e. The Balaban J connectivity index is 1.84. The fourth-order valence-electron chi connectivity index (χ4n) is 2.01. The third kappa shape index (κ3) is 2.81. The Morgan fingerprint density at radius 1 is 1.41 bits per heavy atom. The molecule has 110 valence electrons. The molecule has 0 aromatic carbocycles. The summed E-state index contributed by atoms with van der Waals surface area (Å²) in [6.07, 6.45) is 1.53. The summed E-state index contributed by atoms with van der Waals surface area (Å²) in [6, 6.07) is 5.17. The number of anilines is 1. The minimum atomic E-state index is -0.701. The molecule has 3 aromatic heterocycles. The van der Waals surface area contributed by atoms with Crippen LogP contribution in [0.25, 0.3) is 11.0 Å². The third-order valence-corrected chi connectivity index (χ3v) is 2.96. The number of alkyl halides is 1. The maximum atomic E-state index is 12.0. The van der Waals surface area contributed by atoms with Gasteiger partial charge >= 0.3 is 0 Å². The fraction of sp³-hybridized carbons (Fsp3) is 0.133. The molecule has 0 spiro atoms. The summed E-state index contributed by atoms with van der Waals surface area (Å²) in [6.45, 7) is 1.12. The Morgan fingerprint density at radius 2 is 2.27 bits per heavy atom. The van der Waals surface area contributed by atoms with E-state index in [9.17, 15) is 9.18 Å². The minimum Gasteiger partial charge on any atom is -0.333 e. The molecule has 0 unspecified atom stereocenters. The number of nitrogens with one attached hydrogen (secondary N) is 3. The molecule has 0 saturated heterocycles. The maximum Gasteiger partial charge on any atom is 0.276 e. The molecule has 0 aliphatic heterocycles. The molecule has 0 atom stereocenters. The van der Waals surface area contributed by atoms with Gasteiger partial charge in [0.25, 0.3) is 5.91 Å². The summed E-state index contributed by atoms with van der Waals surface area (Å²) in [7, 11) is 0. The highest BCUT2D eigenvalue weighted by atomic mass is 19.1. The highest BCUT2D eigenvalue weighted by Gasteiger charge is 2.10. The van der Waals surface area contributed by atoms with Crippen molar-refractivity contribution in [3.63, 3.8) is 0 Å². The van der Waals surface area contributed by atoms with Crippen LogP contribution >= 0.6 is 0 Å². The first-order valence-corrected chi connectivity index (χ1v) is 6.52. The highest BCUT2D eigenvalue weighted by molar-refractivity contribution is 6.03. The van der Waals surface area contributed by atoms with Gasteiger partial charge < -0.3 is 10.3 Å². The van der Waals surface area contributed by atoms with Crippen molar-refractivity contribution in [3.8, 4) is 11.8 Å². The van der Waals surface area contributed by atoms with E-state index in [1.54, 1.807) is 18.2 Å². The van der Waals surface area contributed by atoms with Crippen molar-refractivity contribution >= 4 is 22.6 Å². The number of aromatic nitrogens is 4. The number of rotatable bonds is 2. The van der Waals surface area contributed by atoms with Crippen LogP contribution in [0.4, 0.5) is 10.1 Å². The Bertz CT molecular complexity index is 899. The molecule has 0 aliphatic rings. The second kappa shape index (κ2) is 5.69. The zero-order valence-corrected chi connectivity index (χ0v) is 11.7. The third-order valence-electron chi connectivity index (χ3n) is 2.96. The Labute approximate surface area is 125 Å². The van der Waals surface area contributed by atoms with Crippen molar-refractivity contribution < 1.29 is 9.18 Å². The smallest absolute Gasteiger partial charge is 0.276 e. The summed E-state index contributed by atoms with van der Waals surface area (Å²) in [5.41, 5.74) is 2.85. The van der Waals surface area contributed by atoms with Gasteiger partial charge in [-0.15, -0.1) is 0 Å². The van der Waals surface area contributed by atoms with E-state index in [1.807, 2.05) is 6.92 Å². The van der Waals surface area contributed by atoms with Crippen molar-refractivity contribution in [3.05, 3.63) is 41.5 Å². The number of hydrogen-bond donors (Lipinski definition) is 3. The lowest BCUT2D eigenvalue weighted by Gasteiger charge is -2.02. The van der Waals surface area contributed by atoms with Gasteiger partial charge in [-0.3, -0.25) is 9.89 Å². The zero-order valence-electron chi connectivity index (χ0n) is 11.7. The number of halogens is 1. The van der Waals surface area contributed by atoms with Gasteiger partial charge in [-0.2, -0.15) is 5.10 Å². The van der Waals surface area contributed by atoms with Gasteiger partial charge in [0.05, 0.1) is 17.6 Å². The van der Waals surface area contributed by atoms with Crippen molar-refractivity contribution in [2.45, 2.75) is 6.92 Å². The summed E-state index contributed by atoms with van der Waals surface area (Å²) >= 11 is 0. The van der Waals surface area contributed by atoms with Crippen molar-refractivity contribution in [1.29, 1.82) is 0 Å². The second-order valence-corrected chi connectivity index (χ2v) is 4.67. The molecule has 0 bridgehead atoms. The quantitative estimate of drug-likeness (QED) is 0.634. The molecule has 7 heteroatoms. The molecule has 1 amide bonds. The Hall–Kier alpha value is -3.14. The molecule has 0 saturated carbocycles. The molecule has 3 N–H and O–H groups in total. The first-order valence-electron chi connectivity index (χ1n) is 6.52. The fourth-order valence-corrected chi connectivity index (χ4v) is 2.01. The van der Waals surface area contributed by atoms with Gasteiger partial charge in [0.15, 0.2) is 12.4 Å². The molecular weight excluding hydrogens is 285 g/mol. The molecule has 22 heavy (non-hydrogen) atoms. The van der Waals surface area contributed by atoms with Gasteiger partial charge in [0, 0.05) is 11.1 Å². The number of nitrogens with zero attached hydrogens (tertiary/aromatic N) is 2. The van der Waals surface area contributed by atoms with Crippen molar-refractivity contribution in [2.75, 3.05) is 12.0 Å². The number of H-pyrrole nitrogens is 2. The number of aryl methyl sites for hydroxylation is 1. The van der Waals surface area contributed by atoms with Gasteiger partial charge in [0.1, 0.15) is 5.65 Å². The summed E-state index contributed by atoms with van der Waals surface area (Å²) in [5.74, 6) is 4.67. The lowest BCUT2D eigenvalue weighted by Crippen LogP contribution is -2.12. The van der Waals surface area contributed by atoms with Crippen LogP contribution < -0.4 is 5.32 Å². The van der Waals surface area contributed by atoms with E-state index in [2.05, 4.69) is 37.3 Å². The van der Waals surface area contributed by atoms with Crippen LogP contribution in [-0.2, 0) is 0 Å². The number of hydrogen-bond acceptors (Lipinski definition) is 3. The van der Waals surface area contributed by atoms with Gasteiger partial charge in [-0.1, -0.05) is 5.92 Å². The first kappa shape index (κ1) is 13.8. The zero-order chi connectivity index (χ0) is 15.5. The standard InChI is InChI=1S/C15H12FN5O/c1-9-5-13(21-20-9)15(22)19-12-7-10-6-11(3-2-4-16)18-14(10)17-8-12/h5-8H,4H2,1H3,(H,17,18)(H,19,22)(H,20,21). The average molecular weight is 297 g/mol. The summed E-state index contributed by atoms with van der Waals surface area (Å²) in [4.78, 5) is 19.2. The molecule has 6 nitrogen and oxygen atoms in total. The number of fused-ring (bicyclic) bond motifs is 1. The second-order valence-electron chi connectivity index (χ2n) is 4.67. The molecule has 0 aliphatic carbocycles. The first-order chi connectivity index (χ1) is 10.7. The number of amides is 1.